The zero-order valence-corrected chi connectivity index (χ0v) is 12.4. The normalized spacial score (nSPS) is 10.2. The van der Waals surface area contributed by atoms with Crippen molar-refractivity contribution < 1.29 is 29.2 Å². The third kappa shape index (κ3) is 5.15. The van der Waals surface area contributed by atoms with Crippen LogP contribution in [0.1, 0.15) is 36.0 Å². The van der Waals surface area contributed by atoms with Gasteiger partial charge in [-0.2, -0.15) is 0 Å². The fourth-order valence-electron chi connectivity index (χ4n) is 1.89. The number of benzene rings is 1. The summed E-state index contributed by atoms with van der Waals surface area (Å²) in [7, 11) is 2.91. The van der Waals surface area contributed by atoms with Crippen molar-refractivity contribution in [3.05, 3.63) is 17.7 Å². The lowest BCUT2D eigenvalue weighted by Crippen LogP contribution is -2.04. The van der Waals surface area contributed by atoms with Gasteiger partial charge in [0, 0.05) is 6.61 Å². The third-order valence-corrected chi connectivity index (χ3v) is 3.01. The highest BCUT2D eigenvalue weighted by Gasteiger charge is 2.17. The molecule has 6 heteroatoms. The van der Waals surface area contributed by atoms with Gasteiger partial charge in [0.2, 0.25) is 5.75 Å². The summed E-state index contributed by atoms with van der Waals surface area (Å²) in [6.07, 6.45) is 3.54. The number of hydrogen-bond acceptors (Lipinski definition) is 5. The van der Waals surface area contributed by atoms with Gasteiger partial charge in [0.15, 0.2) is 11.5 Å². The van der Waals surface area contributed by atoms with Crippen LogP contribution in [0, 0.1) is 0 Å². The van der Waals surface area contributed by atoms with Crippen molar-refractivity contribution in [3.8, 4) is 17.2 Å². The Kier molecular flexibility index (Phi) is 7.39. The molecule has 0 saturated carbocycles. The van der Waals surface area contributed by atoms with Gasteiger partial charge in [-0.1, -0.05) is 6.42 Å². The van der Waals surface area contributed by atoms with Gasteiger partial charge in [0.05, 0.1) is 26.4 Å². The van der Waals surface area contributed by atoms with Gasteiger partial charge in [-0.15, -0.1) is 0 Å². The van der Waals surface area contributed by atoms with E-state index in [0.717, 1.165) is 25.7 Å². The minimum Gasteiger partial charge on any atom is -0.493 e. The molecule has 0 bridgehead atoms. The second-order valence-electron chi connectivity index (χ2n) is 4.50. The van der Waals surface area contributed by atoms with Gasteiger partial charge in [-0.05, 0) is 31.4 Å². The molecule has 2 N–H and O–H groups in total. The van der Waals surface area contributed by atoms with E-state index in [2.05, 4.69) is 0 Å². The Morgan fingerprint density at radius 2 is 1.62 bits per heavy atom. The Bertz CT molecular complexity index is 432. The zero-order valence-electron chi connectivity index (χ0n) is 12.4. The SMILES string of the molecule is COc1cc(C(=O)O)cc(OC)c1OCCCCCCO. The van der Waals surface area contributed by atoms with Crippen molar-refractivity contribution >= 4 is 5.97 Å². The van der Waals surface area contributed by atoms with Crippen molar-refractivity contribution in [3.63, 3.8) is 0 Å². The molecule has 0 radical (unpaired) electrons. The molecule has 1 aromatic carbocycles. The molecule has 6 nitrogen and oxygen atoms in total. The molecule has 0 amide bonds. The lowest BCUT2D eigenvalue weighted by molar-refractivity contribution is 0.0696. The molecule has 0 aliphatic heterocycles. The summed E-state index contributed by atoms with van der Waals surface area (Å²) in [5.74, 6) is 0.0264. The lowest BCUT2D eigenvalue weighted by atomic mass is 10.2. The van der Waals surface area contributed by atoms with Crippen LogP contribution in [0.5, 0.6) is 17.2 Å². The molecule has 0 aromatic heterocycles. The van der Waals surface area contributed by atoms with E-state index in [0.29, 0.717) is 23.9 Å². The van der Waals surface area contributed by atoms with Crippen LogP contribution in [0.4, 0.5) is 0 Å². The van der Waals surface area contributed by atoms with Crippen molar-refractivity contribution in [2.75, 3.05) is 27.4 Å². The van der Waals surface area contributed by atoms with Crippen LogP contribution in [0.3, 0.4) is 0 Å². The predicted molar refractivity (Wildman–Crippen MR) is 77.6 cm³/mol. The topological polar surface area (TPSA) is 85.2 Å². The number of methoxy groups -OCH3 is 2. The molecule has 1 aromatic rings. The minimum absolute atomic E-state index is 0.0824. The first kappa shape index (κ1) is 17.1. The largest absolute Gasteiger partial charge is 0.493 e. The summed E-state index contributed by atoms with van der Waals surface area (Å²) < 4.78 is 16.0. The van der Waals surface area contributed by atoms with Crippen molar-refractivity contribution in [2.24, 2.45) is 0 Å². The predicted octanol–water partition coefficient (Wildman–Crippen LogP) is 2.33. The highest BCUT2D eigenvalue weighted by Crippen LogP contribution is 2.38. The first-order valence-electron chi connectivity index (χ1n) is 6.87. The summed E-state index contributed by atoms with van der Waals surface area (Å²) in [6.45, 7) is 0.684. The first-order chi connectivity index (χ1) is 10.1. The number of ether oxygens (including phenoxy) is 3. The maximum Gasteiger partial charge on any atom is 0.335 e. The fraction of sp³-hybridized carbons (Fsp3) is 0.533. The second-order valence-corrected chi connectivity index (χ2v) is 4.50. The number of hydrogen-bond donors (Lipinski definition) is 2. The Labute approximate surface area is 124 Å². The number of aromatic carboxylic acids is 1. The summed E-state index contributed by atoms with van der Waals surface area (Å²) in [5, 5.41) is 17.7. The summed E-state index contributed by atoms with van der Waals surface area (Å²) >= 11 is 0. The van der Waals surface area contributed by atoms with Crippen LogP contribution in [0.15, 0.2) is 12.1 Å². The number of rotatable bonds is 10. The monoisotopic (exact) mass is 298 g/mol. The Balaban J connectivity index is 2.73. The van der Waals surface area contributed by atoms with Crippen LogP contribution in [-0.4, -0.2) is 43.6 Å². The number of carboxylic acid groups (broad SMARTS) is 1. The molecule has 0 aliphatic rings. The maximum atomic E-state index is 11.0. The maximum absolute atomic E-state index is 11.0. The summed E-state index contributed by atoms with van der Waals surface area (Å²) in [6, 6.07) is 2.82. The van der Waals surface area contributed by atoms with Gasteiger partial charge in [0.1, 0.15) is 0 Å². The number of carboxylic acids is 1. The third-order valence-electron chi connectivity index (χ3n) is 3.01. The van der Waals surface area contributed by atoms with Crippen LogP contribution in [-0.2, 0) is 0 Å². The van der Waals surface area contributed by atoms with E-state index >= 15 is 0 Å². The Hall–Kier alpha value is -1.95. The lowest BCUT2D eigenvalue weighted by Gasteiger charge is -2.15. The highest BCUT2D eigenvalue weighted by atomic mass is 16.5. The van der Waals surface area contributed by atoms with Gasteiger partial charge < -0.3 is 24.4 Å². The average molecular weight is 298 g/mol. The van der Waals surface area contributed by atoms with E-state index in [1.54, 1.807) is 0 Å². The van der Waals surface area contributed by atoms with Crippen LogP contribution >= 0.6 is 0 Å². The van der Waals surface area contributed by atoms with Crippen molar-refractivity contribution in [1.29, 1.82) is 0 Å². The molecule has 118 valence electrons. The quantitative estimate of drug-likeness (QED) is 0.645. The van der Waals surface area contributed by atoms with E-state index in [9.17, 15) is 4.79 Å². The van der Waals surface area contributed by atoms with Crippen LogP contribution in [0.2, 0.25) is 0 Å². The molecular formula is C15H22O6. The zero-order chi connectivity index (χ0) is 15.7. The van der Waals surface area contributed by atoms with E-state index < -0.39 is 5.97 Å². The van der Waals surface area contributed by atoms with Crippen molar-refractivity contribution in [2.45, 2.75) is 25.7 Å². The Morgan fingerprint density at radius 3 is 2.10 bits per heavy atom. The number of aliphatic hydroxyl groups excluding tert-OH is 1. The van der Waals surface area contributed by atoms with Gasteiger partial charge in [-0.25, -0.2) is 4.79 Å². The fourth-order valence-corrected chi connectivity index (χ4v) is 1.89. The first-order valence-corrected chi connectivity index (χ1v) is 6.87. The molecular weight excluding hydrogens is 276 g/mol. The molecule has 21 heavy (non-hydrogen) atoms. The number of carbonyl (C=O) groups is 1. The smallest absolute Gasteiger partial charge is 0.335 e. The summed E-state index contributed by atoms with van der Waals surface area (Å²) in [4.78, 5) is 11.0. The molecule has 0 unspecified atom stereocenters. The van der Waals surface area contributed by atoms with E-state index in [-0.39, 0.29) is 12.2 Å². The highest BCUT2D eigenvalue weighted by molar-refractivity contribution is 5.89. The standard InChI is InChI=1S/C15H22O6/c1-19-12-9-11(15(17)18)10-13(20-2)14(12)21-8-6-4-3-5-7-16/h9-10,16H,3-8H2,1-2H3,(H,17,18). The molecule has 0 heterocycles. The van der Waals surface area contributed by atoms with E-state index in [4.69, 9.17) is 24.4 Å². The molecule has 0 saturated heterocycles. The summed E-state index contributed by atoms with van der Waals surface area (Å²) in [5.41, 5.74) is 0.0824. The Morgan fingerprint density at radius 1 is 1.05 bits per heavy atom. The van der Waals surface area contributed by atoms with Crippen molar-refractivity contribution in [1.82, 2.24) is 0 Å². The molecule has 1 rings (SSSR count). The van der Waals surface area contributed by atoms with Gasteiger partial charge in [-0.3, -0.25) is 0 Å². The minimum atomic E-state index is -1.05. The molecule has 0 spiro atoms. The molecule has 0 aliphatic carbocycles. The van der Waals surface area contributed by atoms with Gasteiger partial charge >= 0.3 is 5.97 Å². The number of aliphatic hydroxyl groups is 1. The van der Waals surface area contributed by atoms with Crippen LogP contribution in [0.25, 0.3) is 0 Å². The van der Waals surface area contributed by atoms with E-state index in [1.165, 1.54) is 26.4 Å². The van der Waals surface area contributed by atoms with E-state index in [1.807, 2.05) is 0 Å². The van der Waals surface area contributed by atoms with Gasteiger partial charge in [0.25, 0.3) is 0 Å². The average Bonchev–Trinajstić information content (AvgIpc) is 2.49. The second kappa shape index (κ2) is 9.07. The molecule has 0 fully saturated rings. The molecule has 0 atom stereocenters. The van der Waals surface area contributed by atoms with Crippen LogP contribution < -0.4 is 14.2 Å². The number of unbranched alkanes of at least 4 members (excludes halogenated alkanes) is 3.